The lowest BCUT2D eigenvalue weighted by atomic mass is 9.95. The third-order valence-corrected chi connectivity index (χ3v) is 4.44. The van der Waals surface area contributed by atoms with Gasteiger partial charge in [0.2, 0.25) is 5.91 Å². The maximum Gasteiger partial charge on any atom is 0.226 e. The molecule has 5 nitrogen and oxygen atoms in total. The molecule has 1 aromatic heterocycles. The van der Waals surface area contributed by atoms with Crippen LogP contribution in [-0.2, 0) is 17.8 Å². The number of aliphatic hydroxyl groups is 1. The molecule has 6 heteroatoms. The maximum absolute atomic E-state index is 12.0. The predicted octanol–water partition coefficient (Wildman–Crippen LogP) is 1.95. The molecule has 1 heterocycles. The van der Waals surface area contributed by atoms with Gasteiger partial charge in [-0.2, -0.15) is 0 Å². The molecule has 0 bridgehead atoms. The second-order valence-electron chi connectivity index (χ2n) is 6.32. The topological polar surface area (TPSA) is 88.2 Å². The Balaban J connectivity index is 1.98. The summed E-state index contributed by atoms with van der Waals surface area (Å²) < 4.78 is 0. The third kappa shape index (κ3) is 5.13. The number of hydrogen-bond acceptors (Lipinski definition) is 5. The molecule has 1 aromatic carbocycles. The van der Waals surface area contributed by atoms with E-state index in [4.69, 9.17) is 5.73 Å². The number of benzene rings is 1. The molecule has 4 N–H and O–H groups in total. The van der Waals surface area contributed by atoms with Crippen molar-refractivity contribution in [2.24, 2.45) is 11.1 Å². The number of carbonyl (C=O) groups is 1. The van der Waals surface area contributed by atoms with Gasteiger partial charge in [0, 0.05) is 36.1 Å². The van der Waals surface area contributed by atoms with Crippen LogP contribution in [0.2, 0.25) is 0 Å². The molecule has 124 valence electrons. The Morgan fingerprint density at radius 2 is 2.22 bits per heavy atom. The molecule has 0 aliphatic heterocycles. The Hall–Kier alpha value is -1.76. The number of aromatic nitrogens is 1. The highest BCUT2D eigenvalue weighted by molar-refractivity contribution is 7.13. The molecule has 0 atom stereocenters. The van der Waals surface area contributed by atoms with E-state index < -0.39 is 0 Å². The fraction of sp³-hybridized carbons (Fsp3) is 0.412. The van der Waals surface area contributed by atoms with Gasteiger partial charge in [0.05, 0.1) is 12.1 Å². The molecule has 0 aliphatic rings. The van der Waals surface area contributed by atoms with Crippen molar-refractivity contribution in [1.29, 1.82) is 0 Å². The maximum atomic E-state index is 12.0. The Morgan fingerprint density at radius 3 is 2.91 bits per heavy atom. The van der Waals surface area contributed by atoms with E-state index in [1.165, 1.54) is 11.3 Å². The zero-order chi connectivity index (χ0) is 16.9. The van der Waals surface area contributed by atoms with E-state index in [1.807, 2.05) is 43.5 Å². The van der Waals surface area contributed by atoms with Crippen LogP contribution in [0.3, 0.4) is 0 Å². The number of hydrogen-bond donors (Lipinski definition) is 3. The Morgan fingerprint density at radius 1 is 1.43 bits per heavy atom. The van der Waals surface area contributed by atoms with Crippen molar-refractivity contribution >= 4 is 17.2 Å². The highest BCUT2D eigenvalue weighted by Crippen LogP contribution is 2.24. The van der Waals surface area contributed by atoms with Crippen LogP contribution in [0.4, 0.5) is 0 Å². The average molecular weight is 333 g/mol. The number of nitrogens with zero attached hydrogens (tertiary/aromatic N) is 1. The molecule has 0 spiro atoms. The van der Waals surface area contributed by atoms with Crippen LogP contribution in [0.25, 0.3) is 10.6 Å². The van der Waals surface area contributed by atoms with Crippen molar-refractivity contribution in [3.63, 3.8) is 0 Å². The van der Waals surface area contributed by atoms with Gasteiger partial charge in [-0.25, -0.2) is 4.98 Å². The molecule has 0 unspecified atom stereocenters. The lowest BCUT2D eigenvalue weighted by Crippen LogP contribution is -2.36. The second-order valence-corrected chi connectivity index (χ2v) is 7.18. The number of thiazole rings is 1. The van der Waals surface area contributed by atoms with Gasteiger partial charge in [-0.3, -0.25) is 4.79 Å². The number of rotatable bonds is 7. The van der Waals surface area contributed by atoms with Gasteiger partial charge >= 0.3 is 0 Å². The summed E-state index contributed by atoms with van der Waals surface area (Å²) in [5.74, 6) is -0.0842. The third-order valence-electron chi connectivity index (χ3n) is 3.50. The van der Waals surface area contributed by atoms with Gasteiger partial charge in [-0.05, 0) is 11.6 Å². The minimum atomic E-state index is -0.314. The Kier molecular flexibility index (Phi) is 5.87. The molecular weight excluding hydrogens is 310 g/mol. The summed E-state index contributed by atoms with van der Waals surface area (Å²) in [4.78, 5) is 16.5. The Bertz CT molecular complexity index is 667. The molecule has 0 fully saturated rings. The van der Waals surface area contributed by atoms with Crippen molar-refractivity contribution in [2.45, 2.75) is 26.8 Å². The lowest BCUT2D eigenvalue weighted by Gasteiger charge is -2.21. The molecule has 1 amide bonds. The molecule has 0 saturated carbocycles. The van der Waals surface area contributed by atoms with Crippen LogP contribution in [0, 0.1) is 5.41 Å². The Labute approximate surface area is 140 Å². The summed E-state index contributed by atoms with van der Waals surface area (Å²) in [5.41, 5.74) is 8.18. The van der Waals surface area contributed by atoms with E-state index in [0.717, 1.165) is 21.8 Å². The quantitative estimate of drug-likeness (QED) is 0.722. The molecule has 0 radical (unpaired) electrons. The van der Waals surface area contributed by atoms with Crippen LogP contribution < -0.4 is 11.1 Å². The van der Waals surface area contributed by atoms with E-state index in [1.54, 1.807) is 0 Å². The van der Waals surface area contributed by atoms with Gasteiger partial charge in [-0.1, -0.05) is 32.0 Å². The highest BCUT2D eigenvalue weighted by Gasteiger charge is 2.18. The van der Waals surface area contributed by atoms with Crippen LogP contribution >= 0.6 is 11.3 Å². The molecule has 23 heavy (non-hydrogen) atoms. The molecule has 0 saturated heterocycles. The zero-order valence-electron chi connectivity index (χ0n) is 13.5. The minimum Gasteiger partial charge on any atom is -0.396 e. The standard InChI is InChI=1S/C17H23N3O2S/c1-17(2,11-21)10-19-15(22)7-14-9-23-16(20-14)13-5-3-4-12(6-13)8-18/h3-6,9,21H,7-8,10-11,18H2,1-2H3,(H,19,22). The molecule has 2 aromatic rings. The monoisotopic (exact) mass is 333 g/mol. The highest BCUT2D eigenvalue weighted by atomic mass is 32.1. The first-order valence-corrected chi connectivity index (χ1v) is 8.43. The SMILES string of the molecule is CC(C)(CO)CNC(=O)Cc1csc(-c2cccc(CN)c2)n1. The zero-order valence-corrected chi connectivity index (χ0v) is 14.3. The number of nitrogens with two attached hydrogens (primary N) is 1. The summed E-state index contributed by atoms with van der Waals surface area (Å²) in [6.07, 6.45) is 0.245. The first-order valence-electron chi connectivity index (χ1n) is 7.55. The second kappa shape index (κ2) is 7.68. The lowest BCUT2D eigenvalue weighted by molar-refractivity contribution is -0.121. The minimum absolute atomic E-state index is 0.0333. The van der Waals surface area contributed by atoms with Gasteiger partial charge in [-0.15, -0.1) is 11.3 Å². The number of carbonyl (C=O) groups excluding carboxylic acids is 1. The predicted molar refractivity (Wildman–Crippen MR) is 93.0 cm³/mol. The van der Waals surface area contributed by atoms with E-state index in [-0.39, 0.29) is 24.3 Å². The number of amides is 1. The van der Waals surface area contributed by atoms with Gasteiger partial charge in [0.15, 0.2) is 0 Å². The summed E-state index contributed by atoms with van der Waals surface area (Å²) in [7, 11) is 0. The van der Waals surface area contributed by atoms with Gasteiger partial charge in [0.25, 0.3) is 0 Å². The molecule has 0 aliphatic carbocycles. The van der Waals surface area contributed by atoms with Crippen molar-refractivity contribution < 1.29 is 9.90 Å². The van der Waals surface area contributed by atoms with E-state index in [2.05, 4.69) is 10.3 Å². The van der Waals surface area contributed by atoms with Gasteiger partial charge in [0.1, 0.15) is 5.01 Å². The van der Waals surface area contributed by atoms with Crippen molar-refractivity contribution in [3.05, 3.63) is 40.9 Å². The summed E-state index contributed by atoms with van der Waals surface area (Å²) >= 11 is 1.52. The fourth-order valence-electron chi connectivity index (χ4n) is 1.97. The van der Waals surface area contributed by atoms with E-state index in [9.17, 15) is 9.90 Å². The van der Waals surface area contributed by atoms with Crippen LogP contribution in [-0.4, -0.2) is 29.1 Å². The normalized spacial score (nSPS) is 11.5. The van der Waals surface area contributed by atoms with Crippen LogP contribution in [0.1, 0.15) is 25.1 Å². The average Bonchev–Trinajstić information content (AvgIpc) is 3.01. The summed E-state index contributed by atoms with van der Waals surface area (Å²) in [5, 5.41) is 14.8. The van der Waals surface area contributed by atoms with Crippen LogP contribution in [0.15, 0.2) is 29.6 Å². The number of aliphatic hydroxyl groups excluding tert-OH is 1. The number of nitrogens with one attached hydrogen (secondary N) is 1. The first kappa shape index (κ1) is 17.6. The summed E-state index contributed by atoms with van der Waals surface area (Å²) in [6.45, 7) is 4.77. The van der Waals surface area contributed by atoms with Crippen molar-refractivity contribution in [2.75, 3.05) is 13.2 Å². The van der Waals surface area contributed by atoms with Crippen molar-refractivity contribution in [1.82, 2.24) is 10.3 Å². The van der Waals surface area contributed by atoms with Gasteiger partial charge < -0.3 is 16.2 Å². The largest absolute Gasteiger partial charge is 0.396 e. The van der Waals surface area contributed by atoms with Crippen LogP contribution in [0.5, 0.6) is 0 Å². The fourth-order valence-corrected chi connectivity index (χ4v) is 2.79. The summed E-state index contributed by atoms with van der Waals surface area (Å²) in [6, 6.07) is 7.95. The van der Waals surface area contributed by atoms with Crippen molar-refractivity contribution in [3.8, 4) is 10.6 Å². The smallest absolute Gasteiger partial charge is 0.226 e. The molecular formula is C17H23N3O2S. The molecule has 2 rings (SSSR count). The van der Waals surface area contributed by atoms with E-state index in [0.29, 0.717) is 13.1 Å². The van der Waals surface area contributed by atoms with E-state index >= 15 is 0 Å². The first-order chi connectivity index (χ1) is 10.9.